The zero-order chi connectivity index (χ0) is 29.8. The maximum Gasteiger partial charge on any atom is 0.416 e. The molecule has 216 valence electrons. The number of methoxy groups -OCH3 is 1. The fraction of sp³-hybridized carbons (Fsp3) is 0.250. The SMILES string of the molecule is COC(=O)c1ccccc1CS(=O)(=O)Nc1ccc(-n2nc(OCC(C)C)nc2-c2ccc(C(F)(F)F)cc2)cc1. The fourth-order valence-electron chi connectivity index (χ4n) is 3.82. The molecular formula is C28H27F3N4O5S. The Bertz CT molecular complexity index is 1620. The number of carbonyl (C=O) groups is 1. The summed E-state index contributed by atoms with van der Waals surface area (Å²) in [6, 6.07) is 17.0. The van der Waals surface area contributed by atoms with Crippen LogP contribution >= 0.6 is 0 Å². The minimum absolute atomic E-state index is 0.0441. The first-order valence-corrected chi connectivity index (χ1v) is 14.1. The van der Waals surface area contributed by atoms with E-state index in [9.17, 15) is 26.4 Å². The van der Waals surface area contributed by atoms with Crippen LogP contribution in [0.2, 0.25) is 0 Å². The molecule has 0 amide bonds. The van der Waals surface area contributed by atoms with Gasteiger partial charge in [0, 0.05) is 11.3 Å². The molecule has 0 spiro atoms. The van der Waals surface area contributed by atoms with Gasteiger partial charge >= 0.3 is 18.2 Å². The van der Waals surface area contributed by atoms with Crippen LogP contribution in [-0.4, -0.2) is 42.9 Å². The average molecular weight is 589 g/mol. The van der Waals surface area contributed by atoms with Crippen molar-refractivity contribution in [2.24, 2.45) is 5.92 Å². The van der Waals surface area contributed by atoms with E-state index in [1.54, 1.807) is 24.3 Å². The van der Waals surface area contributed by atoms with Crippen molar-refractivity contribution in [1.29, 1.82) is 0 Å². The number of nitrogens with zero attached hydrogens (tertiary/aromatic N) is 3. The van der Waals surface area contributed by atoms with Gasteiger partial charge in [-0.1, -0.05) is 44.2 Å². The Morgan fingerprint density at radius 3 is 2.27 bits per heavy atom. The number of carbonyl (C=O) groups excluding carboxylic acids is 1. The summed E-state index contributed by atoms with van der Waals surface area (Å²) in [5.74, 6) is -0.681. The first-order chi connectivity index (χ1) is 19.4. The molecule has 41 heavy (non-hydrogen) atoms. The molecule has 4 rings (SSSR count). The molecule has 0 unspecified atom stereocenters. The van der Waals surface area contributed by atoms with E-state index >= 15 is 0 Å². The van der Waals surface area contributed by atoms with Crippen LogP contribution in [0.3, 0.4) is 0 Å². The molecule has 0 aliphatic carbocycles. The Kier molecular flexibility index (Phi) is 8.66. The van der Waals surface area contributed by atoms with Crippen molar-refractivity contribution in [3.63, 3.8) is 0 Å². The monoisotopic (exact) mass is 588 g/mol. The van der Waals surface area contributed by atoms with E-state index in [0.717, 1.165) is 12.1 Å². The number of nitrogens with one attached hydrogen (secondary N) is 1. The lowest BCUT2D eigenvalue weighted by Gasteiger charge is -2.12. The van der Waals surface area contributed by atoms with E-state index in [2.05, 4.69) is 14.8 Å². The Balaban J connectivity index is 1.60. The molecule has 0 aliphatic rings. The topological polar surface area (TPSA) is 112 Å². The number of hydrogen-bond donors (Lipinski definition) is 1. The van der Waals surface area contributed by atoms with E-state index in [1.807, 2.05) is 13.8 Å². The summed E-state index contributed by atoms with van der Waals surface area (Å²) < 4.78 is 79.2. The fourth-order valence-corrected chi connectivity index (χ4v) is 5.05. The van der Waals surface area contributed by atoms with Crippen LogP contribution < -0.4 is 9.46 Å². The van der Waals surface area contributed by atoms with E-state index < -0.39 is 33.5 Å². The number of ether oxygens (including phenoxy) is 2. The number of alkyl halides is 3. The molecule has 0 bridgehead atoms. The van der Waals surface area contributed by atoms with Gasteiger partial charge in [-0.05, 0) is 53.9 Å². The number of benzene rings is 3. The van der Waals surface area contributed by atoms with E-state index in [-0.39, 0.29) is 34.6 Å². The quantitative estimate of drug-likeness (QED) is 0.236. The number of sulfonamides is 1. The van der Waals surface area contributed by atoms with Gasteiger partial charge in [0.05, 0.1) is 36.3 Å². The van der Waals surface area contributed by atoms with Crippen molar-refractivity contribution in [2.75, 3.05) is 18.4 Å². The highest BCUT2D eigenvalue weighted by Gasteiger charge is 2.30. The molecule has 0 radical (unpaired) electrons. The van der Waals surface area contributed by atoms with Crippen molar-refractivity contribution in [2.45, 2.75) is 25.8 Å². The highest BCUT2D eigenvalue weighted by molar-refractivity contribution is 7.91. The summed E-state index contributed by atoms with van der Waals surface area (Å²) in [5, 5.41) is 4.37. The molecule has 1 heterocycles. The van der Waals surface area contributed by atoms with Crippen molar-refractivity contribution in [3.8, 4) is 23.1 Å². The van der Waals surface area contributed by atoms with Crippen LogP contribution in [0.1, 0.15) is 35.3 Å². The summed E-state index contributed by atoms with van der Waals surface area (Å²) in [4.78, 5) is 16.4. The van der Waals surface area contributed by atoms with Crippen LogP contribution in [-0.2, 0) is 26.7 Å². The molecule has 13 heteroatoms. The lowest BCUT2D eigenvalue weighted by molar-refractivity contribution is -0.137. The predicted octanol–water partition coefficient (Wildman–Crippen LogP) is 5.72. The van der Waals surface area contributed by atoms with Crippen molar-refractivity contribution >= 4 is 21.7 Å². The molecule has 4 aromatic rings. The molecule has 0 fully saturated rings. The molecule has 1 aromatic heterocycles. The predicted molar refractivity (Wildman–Crippen MR) is 146 cm³/mol. The second kappa shape index (κ2) is 12.0. The van der Waals surface area contributed by atoms with Crippen LogP contribution in [0.25, 0.3) is 17.1 Å². The number of esters is 1. The van der Waals surface area contributed by atoms with E-state index in [1.165, 1.54) is 48.2 Å². The minimum Gasteiger partial charge on any atom is -0.465 e. The highest BCUT2D eigenvalue weighted by atomic mass is 32.2. The Labute approximate surface area is 235 Å². The van der Waals surface area contributed by atoms with Crippen LogP contribution in [0.15, 0.2) is 72.8 Å². The Hall–Kier alpha value is -4.39. The van der Waals surface area contributed by atoms with Gasteiger partial charge in [0.2, 0.25) is 10.0 Å². The normalized spacial score (nSPS) is 11.9. The van der Waals surface area contributed by atoms with Gasteiger partial charge in [0.1, 0.15) is 0 Å². The van der Waals surface area contributed by atoms with E-state index in [0.29, 0.717) is 17.9 Å². The van der Waals surface area contributed by atoms with Gasteiger partial charge in [0.15, 0.2) is 5.82 Å². The van der Waals surface area contributed by atoms with Crippen molar-refractivity contribution in [3.05, 3.63) is 89.5 Å². The van der Waals surface area contributed by atoms with Crippen molar-refractivity contribution in [1.82, 2.24) is 14.8 Å². The second-order valence-electron chi connectivity index (χ2n) is 9.47. The van der Waals surface area contributed by atoms with E-state index in [4.69, 9.17) is 9.47 Å². The van der Waals surface area contributed by atoms with Crippen LogP contribution in [0.4, 0.5) is 18.9 Å². The number of aromatic nitrogens is 3. The minimum atomic E-state index is -4.48. The Morgan fingerprint density at radius 1 is 1.00 bits per heavy atom. The number of hydrogen-bond acceptors (Lipinski definition) is 7. The maximum atomic E-state index is 13.1. The van der Waals surface area contributed by atoms with Crippen LogP contribution in [0.5, 0.6) is 6.01 Å². The molecular weight excluding hydrogens is 561 g/mol. The molecule has 9 nitrogen and oxygen atoms in total. The maximum absolute atomic E-state index is 13.1. The third-order valence-electron chi connectivity index (χ3n) is 5.76. The van der Waals surface area contributed by atoms with Gasteiger partial charge in [-0.15, -0.1) is 5.10 Å². The van der Waals surface area contributed by atoms with Gasteiger partial charge < -0.3 is 9.47 Å². The zero-order valence-electron chi connectivity index (χ0n) is 22.3. The molecule has 0 saturated carbocycles. The van der Waals surface area contributed by atoms with Crippen molar-refractivity contribution < 1.29 is 35.9 Å². The Morgan fingerprint density at radius 2 is 1.66 bits per heavy atom. The van der Waals surface area contributed by atoms with Gasteiger partial charge in [-0.25, -0.2) is 17.9 Å². The lowest BCUT2D eigenvalue weighted by atomic mass is 10.1. The zero-order valence-corrected chi connectivity index (χ0v) is 23.2. The largest absolute Gasteiger partial charge is 0.465 e. The third kappa shape index (κ3) is 7.42. The second-order valence-corrected chi connectivity index (χ2v) is 11.2. The first-order valence-electron chi connectivity index (χ1n) is 12.4. The lowest BCUT2D eigenvalue weighted by Crippen LogP contribution is -2.17. The smallest absolute Gasteiger partial charge is 0.416 e. The number of halogens is 3. The molecule has 3 aromatic carbocycles. The summed E-state index contributed by atoms with van der Waals surface area (Å²) in [6.45, 7) is 4.22. The number of rotatable bonds is 10. The first kappa shape index (κ1) is 29.6. The van der Waals surface area contributed by atoms with Gasteiger partial charge in [-0.2, -0.15) is 18.2 Å². The van der Waals surface area contributed by atoms with Gasteiger partial charge in [0.25, 0.3) is 0 Å². The summed E-state index contributed by atoms with van der Waals surface area (Å²) in [6.07, 6.45) is -4.48. The number of anilines is 1. The summed E-state index contributed by atoms with van der Waals surface area (Å²) >= 11 is 0. The molecule has 1 N–H and O–H groups in total. The third-order valence-corrected chi connectivity index (χ3v) is 7.00. The molecule has 0 saturated heterocycles. The average Bonchev–Trinajstić information content (AvgIpc) is 3.36. The van der Waals surface area contributed by atoms with Crippen LogP contribution in [0, 0.1) is 5.92 Å². The van der Waals surface area contributed by atoms with Gasteiger partial charge in [-0.3, -0.25) is 4.72 Å². The highest BCUT2D eigenvalue weighted by Crippen LogP contribution is 2.32. The molecule has 0 aliphatic heterocycles. The summed E-state index contributed by atoms with van der Waals surface area (Å²) in [7, 11) is -2.70. The standard InChI is InChI=1S/C28H27F3N4O5S/c1-18(2)16-40-27-32-25(19-8-10-21(11-9-19)28(29,30)31)35(33-27)23-14-12-22(13-15-23)34-41(37,38)17-20-6-4-5-7-24(20)26(36)39-3/h4-15,18,34H,16-17H2,1-3H3. The summed E-state index contributed by atoms with van der Waals surface area (Å²) in [5.41, 5.74) is 0.713. The molecule has 0 atom stereocenters.